The van der Waals surface area contributed by atoms with Gasteiger partial charge in [0.05, 0.1) is 6.54 Å². The first-order valence-corrected chi connectivity index (χ1v) is 8.66. The van der Waals surface area contributed by atoms with Crippen LogP contribution in [0, 0.1) is 12.9 Å². The van der Waals surface area contributed by atoms with E-state index in [2.05, 4.69) is 9.97 Å². The summed E-state index contributed by atoms with van der Waals surface area (Å²) in [6.07, 6.45) is 2.20. The van der Waals surface area contributed by atoms with Crippen molar-refractivity contribution in [2.45, 2.75) is 46.1 Å². The van der Waals surface area contributed by atoms with Gasteiger partial charge in [-0.05, 0) is 18.6 Å². The van der Waals surface area contributed by atoms with E-state index in [4.69, 9.17) is 4.42 Å². The number of amides is 1. The molecule has 0 spiro atoms. The molecule has 4 rings (SSSR count). The standard InChI is InChI=1S/C19H21FN4O2/c1-11-5-6-14-22-15(16(20)24(14)9-11)17(25)23-8-7-13-12(10-23)21-18(26-13)19(2,3)4/h5-6,9H,7-8,10H2,1-4H3. The van der Waals surface area contributed by atoms with E-state index in [-0.39, 0.29) is 11.1 Å². The van der Waals surface area contributed by atoms with E-state index < -0.39 is 11.9 Å². The monoisotopic (exact) mass is 356 g/mol. The van der Waals surface area contributed by atoms with Crippen LogP contribution in [0.2, 0.25) is 0 Å². The minimum atomic E-state index is -0.630. The van der Waals surface area contributed by atoms with Crippen molar-refractivity contribution in [2.24, 2.45) is 0 Å². The molecular formula is C19H21FN4O2. The number of halogens is 1. The first kappa shape index (κ1) is 16.8. The second kappa shape index (κ2) is 5.65. The van der Waals surface area contributed by atoms with Crippen molar-refractivity contribution in [2.75, 3.05) is 6.54 Å². The molecule has 0 unspecified atom stereocenters. The predicted molar refractivity (Wildman–Crippen MR) is 93.5 cm³/mol. The van der Waals surface area contributed by atoms with E-state index in [1.807, 2.05) is 33.8 Å². The van der Waals surface area contributed by atoms with Gasteiger partial charge in [-0.15, -0.1) is 0 Å². The Morgan fingerprint density at radius 3 is 2.77 bits per heavy atom. The normalized spacial score (nSPS) is 14.7. The highest BCUT2D eigenvalue weighted by Gasteiger charge is 2.31. The van der Waals surface area contributed by atoms with Crippen LogP contribution in [0.15, 0.2) is 22.7 Å². The van der Waals surface area contributed by atoms with Gasteiger partial charge in [-0.3, -0.25) is 9.20 Å². The Morgan fingerprint density at radius 1 is 1.27 bits per heavy atom. The Hall–Kier alpha value is -2.70. The van der Waals surface area contributed by atoms with Gasteiger partial charge in [0.2, 0.25) is 5.95 Å². The SMILES string of the molecule is Cc1ccc2nc(C(=O)N3CCc4oc(C(C)(C)C)nc4C3)c(F)n2c1. The van der Waals surface area contributed by atoms with Crippen LogP contribution in [0.25, 0.3) is 5.65 Å². The van der Waals surface area contributed by atoms with Crippen LogP contribution in [0.5, 0.6) is 0 Å². The average molecular weight is 356 g/mol. The van der Waals surface area contributed by atoms with Crippen molar-refractivity contribution in [3.63, 3.8) is 0 Å². The number of pyridine rings is 1. The third-order valence-electron chi connectivity index (χ3n) is 4.57. The molecule has 0 radical (unpaired) electrons. The lowest BCUT2D eigenvalue weighted by molar-refractivity contribution is 0.0717. The average Bonchev–Trinajstić information content (AvgIpc) is 3.15. The van der Waals surface area contributed by atoms with Crippen LogP contribution in [0.3, 0.4) is 0 Å². The summed E-state index contributed by atoms with van der Waals surface area (Å²) in [4.78, 5) is 23.1. The lowest BCUT2D eigenvalue weighted by Crippen LogP contribution is -2.36. The van der Waals surface area contributed by atoms with Gasteiger partial charge >= 0.3 is 0 Å². The summed E-state index contributed by atoms with van der Waals surface area (Å²) < 4.78 is 21.8. The van der Waals surface area contributed by atoms with Crippen molar-refractivity contribution >= 4 is 11.6 Å². The zero-order valence-electron chi connectivity index (χ0n) is 15.3. The Labute approximate surface area is 150 Å². The molecule has 0 N–H and O–H groups in total. The lowest BCUT2D eigenvalue weighted by atomic mass is 9.97. The number of carbonyl (C=O) groups excluding carboxylic acids is 1. The van der Waals surface area contributed by atoms with E-state index in [0.717, 1.165) is 17.0 Å². The van der Waals surface area contributed by atoms with Gasteiger partial charge in [-0.25, -0.2) is 9.97 Å². The number of aryl methyl sites for hydroxylation is 1. The van der Waals surface area contributed by atoms with Crippen LogP contribution in [-0.4, -0.2) is 31.7 Å². The van der Waals surface area contributed by atoms with Gasteiger partial charge in [0.15, 0.2) is 11.6 Å². The molecule has 0 aliphatic carbocycles. The second-order valence-corrected chi connectivity index (χ2v) is 7.80. The zero-order valence-corrected chi connectivity index (χ0v) is 15.3. The molecule has 0 saturated heterocycles. The first-order valence-electron chi connectivity index (χ1n) is 8.66. The molecule has 0 aromatic carbocycles. The number of aromatic nitrogens is 3. The van der Waals surface area contributed by atoms with Crippen molar-refractivity contribution in [3.05, 3.63) is 52.9 Å². The fourth-order valence-corrected chi connectivity index (χ4v) is 3.10. The molecule has 1 amide bonds. The number of rotatable bonds is 1. The van der Waals surface area contributed by atoms with E-state index >= 15 is 0 Å². The molecule has 136 valence electrons. The van der Waals surface area contributed by atoms with Crippen molar-refractivity contribution in [1.29, 1.82) is 0 Å². The molecule has 6 nitrogen and oxygen atoms in total. The maximum absolute atomic E-state index is 14.7. The molecule has 7 heteroatoms. The fourth-order valence-electron chi connectivity index (χ4n) is 3.10. The quantitative estimate of drug-likeness (QED) is 0.671. The lowest BCUT2D eigenvalue weighted by Gasteiger charge is -2.24. The van der Waals surface area contributed by atoms with Gasteiger partial charge in [0.25, 0.3) is 5.91 Å². The first-order chi connectivity index (χ1) is 12.2. The van der Waals surface area contributed by atoms with E-state index in [1.54, 1.807) is 17.2 Å². The van der Waals surface area contributed by atoms with E-state index in [1.165, 1.54) is 4.40 Å². The molecule has 3 aromatic heterocycles. The second-order valence-electron chi connectivity index (χ2n) is 7.80. The topological polar surface area (TPSA) is 63.6 Å². The number of nitrogens with zero attached hydrogens (tertiary/aromatic N) is 4. The third-order valence-corrected chi connectivity index (χ3v) is 4.57. The van der Waals surface area contributed by atoms with E-state index in [0.29, 0.717) is 31.0 Å². The number of hydrogen-bond acceptors (Lipinski definition) is 4. The predicted octanol–water partition coefficient (Wildman–Crippen LogP) is 3.27. The molecule has 0 fully saturated rings. The highest BCUT2D eigenvalue weighted by molar-refractivity contribution is 5.93. The van der Waals surface area contributed by atoms with Gasteiger partial charge in [-0.1, -0.05) is 26.8 Å². The van der Waals surface area contributed by atoms with Crippen molar-refractivity contribution < 1.29 is 13.6 Å². The minimum absolute atomic E-state index is 0.154. The third kappa shape index (κ3) is 2.67. The van der Waals surface area contributed by atoms with Crippen LogP contribution in [0.1, 0.15) is 54.2 Å². The summed E-state index contributed by atoms with van der Waals surface area (Å²) >= 11 is 0. The van der Waals surface area contributed by atoms with E-state index in [9.17, 15) is 9.18 Å². The van der Waals surface area contributed by atoms with Crippen LogP contribution < -0.4 is 0 Å². The van der Waals surface area contributed by atoms with Gasteiger partial charge in [-0.2, -0.15) is 4.39 Å². The minimum Gasteiger partial charge on any atom is -0.445 e. The van der Waals surface area contributed by atoms with Crippen LogP contribution in [0.4, 0.5) is 4.39 Å². The summed E-state index contributed by atoms with van der Waals surface area (Å²) in [7, 11) is 0. The molecule has 26 heavy (non-hydrogen) atoms. The molecule has 0 saturated carbocycles. The summed E-state index contributed by atoms with van der Waals surface area (Å²) in [5.74, 6) is 0.418. The van der Waals surface area contributed by atoms with Gasteiger partial charge < -0.3 is 9.32 Å². The Bertz CT molecular complexity index is 1010. The number of fused-ring (bicyclic) bond motifs is 2. The van der Waals surface area contributed by atoms with Gasteiger partial charge in [0.1, 0.15) is 17.1 Å². The summed E-state index contributed by atoms with van der Waals surface area (Å²) in [6, 6.07) is 3.55. The summed E-state index contributed by atoms with van der Waals surface area (Å²) in [5.41, 5.74) is 1.71. The molecule has 4 heterocycles. The Balaban J connectivity index is 1.64. The van der Waals surface area contributed by atoms with Crippen LogP contribution >= 0.6 is 0 Å². The Morgan fingerprint density at radius 2 is 2.04 bits per heavy atom. The summed E-state index contributed by atoms with van der Waals surface area (Å²) in [5, 5.41) is 0. The molecule has 1 aliphatic rings. The fraction of sp³-hybridized carbons (Fsp3) is 0.421. The Kier molecular flexibility index (Phi) is 3.64. The maximum atomic E-state index is 14.7. The van der Waals surface area contributed by atoms with Crippen molar-refractivity contribution in [1.82, 2.24) is 19.3 Å². The smallest absolute Gasteiger partial charge is 0.277 e. The molecule has 0 atom stereocenters. The molecule has 3 aromatic rings. The van der Waals surface area contributed by atoms with Crippen molar-refractivity contribution in [3.8, 4) is 0 Å². The molecule has 0 bridgehead atoms. The van der Waals surface area contributed by atoms with Crippen LogP contribution in [-0.2, 0) is 18.4 Å². The summed E-state index contributed by atoms with van der Waals surface area (Å²) in [6.45, 7) is 8.71. The zero-order chi connectivity index (χ0) is 18.6. The molecular weight excluding hydrogens is 335 g/mol. The highest BCUT2D eigenvalue weighted by atomic mass is 19.1. The number of imidazole rings is 1. The maximum Gasteiger partial charge on any atom is 0.277 e. The number of hydrogen-bond donors (Lipinski definition) is 0. The number of carbonyl (C=O) groups is 1. The van der Waals surface area contributed by atoms with Gasteiger partial charge in [0, 0.05) is 24.6 Å². The molecule has 1 aliphatic heterocycles. The number of oxazole rings is 1. The highest BCUT2D eigenvalue weighted by Crippen LogP contribution is 2.28. The largest absolute Gasteiger partial charge is 0.445 e.